The number of methoxy groups -OCH3 is 1. The van der Waals surface area contributed by atoms with Crippen LogP contribution in [0.15, 0.2) is 42.5 Å². The average Bonchev–Trinajstić information content (AvgIpc) is 2.91. The monoisotopic (exact) mass is 498 g/mol. The molecule has 2 aromatic carbocycles. The lowest BCUT2D eigenvalue weighted by atomic mass is 10.0. The van der Waals surface area contributed by atoms with Crippen LogP contribution in [0.4, 0.5) is 16.2 Å². The first-order valence-corrected chi connectivity index (χ1v) is 12.2. The summed E-state index contributed by atoms with van der Waals surface area (Å²) in [6.45, 7) is 4.44. The number of rotatable bonds is 7. The van der Waals surface area contributed by atoms with E-state index < -0.39 is 0 Å². The van der Waals surface area contributed by atoms with Gasteiger partial charge in [-0.1, -0.05) is 6.92 Å². The third-order valence-corrected chi connectivity index (χ3v) is 6.56. The van der Waals surface area contributed by atoms with Crippen molar-refractivity contribution in [3.63, 3.8) is 0 Å². The molecule has 9 heteroatoms. The van der Waals surface area contributed by atoms with Crippen LogP contribution in [0.1, 0.15) is 19.4 Å². The minimum Gasteiger partial charge on any atom is -0.497 e. The van der Waals surface area contributed by atoms with E-state index in [1.165, 1.54) is 0 Å². The first-order chi connectivity index (χ1) is 17.1. The molecule has 0 unspecified atom stereocenters. The Balaban J connectivity index is 1.84. The van der Waals surface area contributed by atoms with Crippen LogP contribution in [0, 0.1) is 5.92 Å². The molecule has 0 aromatic heterocycles. The smallest absolute Gasteiger partial charge is 0.321 e. The van der Waals surface area contributed by atoms with Gasteiger partial charge in [0.1, 0.15) is 17.6 Å². The van der Waals surface area contributed by atoms with Crippen LogP contribution in [0.2, 0.25) is 0 Å². The summed E-state index contributed by atoms with van der Waals surface area (Å²) < 4.78 is 11.6. The number of benzene rings is 2. The van der Waals surface area contributed by atoms with Crippen LogP contribution in [-0.4, -0.2) is 86.9 Å². The van der Waals surface area contributed by atoms with E-state index in [9.17, 15) is 14.7 Å². The number of ether oxygens (including phenoxy) is 2. The standard InChI is InChI=1S/C27H38N4O5/c1-18-15-31(19(2)17-32)26(33)14-20-13-22(29(3)4)9-12-24(20)36-25(18)16-30(5)27(34)28-21-7-10-23(35-6)11-8-21/h7-13,18-19,25,32H,14-17H2,1-6H3,(H,28,34)/t18-,19+,25+/m1/s1. The summed E-state index contributed by atoms with van der Waals surface area (Å²) in [5, 5.41) is 12.7. The molecule has 0 fully saturated rings. The summed E-state index contributed by atoms with van der Waals surface area (Å²) in [7, 11) is 7.20. The Labute approximate surface area is 213 Å². The number of urea groups is 1. The zero-order valence-corrected chi connectivity index (χ0v) is 22.0. The molecule has 1 aliphatic rings. The van der Waals surface area contributed by atoms with Gasteiger partial charge in [0.25, 0.3) is 0 Å². The number of nitrogens with zero attached hydrogens (tertiary/aromatic N) is 3. The Kier molecular flexibility index (Phi) is 9.03. The third-order valence-electron chi connectivity index (χ3n) is 6.56. The van der Waals surface area contributed by atoms with Crippen LogP contribution in [0.3, 0.4) is 0 Å². The molecule has 3 rings (SSSR count). The summed E-state index contributed by atoms with van der Waals surface area (Å²) in [5.41, 5.74) is 2.41. The number of hydrogen-bond donors (Lipinski definition) is 2. The van der Waals surface area contributed by atoms with Crippen molar-refractivity contribution in [1.29, 1.82) is 0 Å². The zero-order chi connectivity index (χ0) is 26.4. The van der Waals surface area contributed by atoms with Crippen LogP contribution in [0.5, 0.6) is 11.5 Å². The van der Waals surface area contributed by atoms with Crippen LogP contribution in [-0.2, 0) is 11.2 Å². The number of hydrogen-bond acceptors (Lipinski definition) is 6. The quantitative estimate of drug-likeness (QED) is 0.609. The molecule has 9 nitrogen and oxygen atoms in total. The number of aliphatic hydroxyl groups is 1. The van der Waals surface area contributed by atoms with Crippen LogP contribution < -0.4 is 19.7 Å². The molecule has 0 saturated carbocycles. The molecular formula is C27H38N4O5. The van der Waals surface area contributed by atoms with Gasteiger partial charge >= 0.3 is 6.03 Å². The number of carbonyl (C=O) groups is 2. The minimum atomic E-state index is -0.375. The SMILES string of the molecule is COc1ccc(NC(=O)N(C)C[C@@H]2Oc3ccc(N(C)C)cc3CC(=O)N([C@@H](C)CO)C[C@H]2C)cc1. The summed E-state index contributed by atoms with van der Waals surface area (Å²) >= 11 is 0. The van der Waals surface area contributed by atoms with Crippen molar-refractivity contribution < 1.29 is 24.2 Å². The van der Waals surface area contributed by atoms with Gasteiger partial charge in [-0.05, 0) is 49.4 Å². The lowest BCUT2D eigenvalue weighted by Gasteiger charge is -2.34. The molecule has 3 amide bonds. The lowest BCUT2D eigenvalue weighted by molar-refractivity contribution is -0.134. The number of likely N-dealkylation sites (N-methyl/N-ethyl adjacent to an activating group) is 1. The topological polar surface area (TPSA) is 94.6 Å². The molecule has 2 aromatic rings. The number of nitrogens with one attached hydrogen (secondary N) is 1. The predicted octanol–water partition coefficient (Wildman–Crippen LogP) is 3.07. The van der Waals surface area contributed by atoms with Gasteiger partial charge in [-0.25, -0.2) is 4.79 Å². The van der Waals surface area contributed by atoms with Crippen LogP contribution in [0.25, 0.3) is 0 Å². The van der Waals surface area contributed by atoms with E-state index in [0.29, 0.717) is 30.3 Å². The van der Waals surface area contributed by atoms with Gasteiger partial charge in [-0.2, -0.15) is 0 Å². The number of amides is 3. The summed E-state index contributed by atoms with van der Waals surface area (Å²) in [6, 6.07) is 12.3. The largest absolute Gasteiger partial charge is 0.497 e. The maximum absolute atomic E-state index is 13.3. The van der Waals surface area contributed by atoms with Gasteiger partial charge in [0, 0.05) is 50.5 Å². The fourth-order valence-corrected chi connectivity index (χ4v) is 4.16. The van der Waals surface area contributed by atoms with E-state index in [4.69, 9.17) is 9.47 Å². The average molecular weight is 499 g/mol. The minimum absolute atomic E-state index is 0.0598. The van der Waals surface area contributed by atoms with E-state index in [1.807, 2.05) is 51.0 Å². The number of fused-ring (bicyclic) bond motifs is 1. The Morgan fingerprint density at radius 3 is 2.53 bits per heavy atom. The van der Waals surface area contributed by atoms with Crippen molar-refractivity contribution in [2.45, 2.75) is 32.4 Å². The molecule has 1 aliphatic heterocycles. The van der Waals surface area contributed by atoms with Crippen molar-refractivity contribution in [3.8, 4) is 11.5 Å². The molecule has 0 saturated heterocycles. The highest BCUT2D eigenvalue weighted by Gasteiger charge is 2.32. The van der Waals surface area contributed by atoms with E-state index in [2.05, 4.69) is 5.32 Å². The van der Waals surface area contributed by atoms with Gasteiger partial charge in [0.2, 0.25) is 5.91 Å². The molecule has 0 bridgehead atoms. The fourth-order valence-electron chi connectivity index (χ4n) is 4.16. The highest BCUT2D eigenvalue weighted by molar-refractivity contribution is 5.89. The van der Waals surface area contributed by atoms with E-state index in [0.717, 1.165) is 11.3 Å². The van der Waals surface area contributed by atoms with Gasteiger partial charge in [0.15, 0.2) is 0 Å². The fraction of sp³-hybridized carbons (Fsp3) is 0.481. The predicted molar refractivity (Wildman–Crippen MR) is 141 cm³/mol. The molecule has 196 valence electrons. The summed E-state index contributed by atoms with van der Waals surface area (Å²) in [4.78, 5) is 31.5. The Morgan fingerprint density at radius 2 is 1.92 bits per heavy atom. The van der Waals surface area contributed by atoms with Crippen LogP contribution >= 0.6 is 0 Å². The van der Waals surface area contributed by atoms with Crippen molar-refractivity contribution in [1.82, 2.24) is 9.80 Å². The molecule has 0 spiro atoms. The highest BCUT2D eigenvalue weighted by atomic mass is 16.5. The van der Waals surface area contributed by atoms with Crippen molar-refractivity contribution in [2.24, 2.45) is 5.92 Å². The molecule has 0 radical (unpaired) electrons. The maximum Gasteiger partial charge on any atom is 0.321 e. The molecule has 36 heavy (non-hydrogen) atoms. The first kappa shape index (κ1) is 27.1. The van der Waals surface area contributed by atoms with E-state index in [1.54, 1.807) is 48.2 Å². The van der Waals surface area contributed by atoms with Crippen molar-refractivity contribution >= 4 is 23.3 Å². The highest BCUT2D eigenvalue weighted by Crippen LogP contribution is 2.30. The van der Waals surface area contributed by atoms with E-state index in [-0.39, 0.29) is 43.0 Å². The summed E-state index contributed by atoms with van der Waals surface area (Å²) in [5.74, 6) is 1.18. The normalized spacial score (nSPS) is 18.6. The third kappa shape index (κ3) is 6.60. The summed E-state index contributed by atoms with van der Waals surface area (Å²) in [6.07, 6.45) is -0.200. The Morgan fingerprint density at radius 1 is 1.22 bits per heavy atom. The lowest BCUT2D eigenvalue weighted by Crippen LogP contribution is -2.48. The second kappa shape index (κ2) is 12.0. The van der Waals surface area contributed by atoms with Gasteiger partial charge < -0.3 is 34.6 Å². The second-order valence-electron chi connectivity index (χ2n) is 9.61. The van der Waals surface area contributed by atoms with E-state index >= 15 is 0 Å². The van der Waals surface area contributed by atoms with Crippen molar-refractivity contribution in [3.05, 3.63) is 48.0 Å². The molecule has 2 N–H and O–H groups in total. The number of anilines is 2. The molecule has 1 heterocycles. The number of aliphatic hydroxyl groups excluding tert-OH is 1. The van der Waals surface area contributed by atoms with Gasteiger partial charge in [-0.3, -0.25) is 4.79 Å². The van der Waals surface area contributed by atoms with Crippen molar-refractivity contribution in [2.75, 3.05) is 58.2 Å². The number of carbonyl (C=O) groups excluding carboxylic acids is 2. The zero-order valence-electron chi connectivity index (χ0n) is 22.0. The molecule has 0 aliphatic carbocycles. The maximum atomic E-state index is 13.3. The molecular weight excluding hydrogens is 460 g/mol. The van der Waals surface area contributed by atoms with Gasteiger partial charge in [0.05, 0.1) is 32.7 Å². The molecule has 3 atom stereocenters. The Bertz CT molecular complexity index is 1040. The Hall–Kier alpha value is -3.46. The van der Waals surface area contributed by atoms with Gasteiger partial charge in [-0.15, -0.1) is 0 Å². The first-order valence-electron chi connectivity index (χ1n) is 12.2. The second-order valence-corrected chi connectivity index (χ2v) is 9.61.